The van der Waals surface area contributed by atoms with E-state index in [1.54, 1.807) is 0 Å². The Bertz CT molecular complexity index is 202. The second-order valence-corrected chi connectivity index (χ2v) is 2.92. The van der Waals surface area contributed by atoms with Crippen molar-refractivity contribution in [2.24, 2.45) is 5.92 Å². The molecule has 76 valence electrons. The van der Waals surface area contributed by atoms with Crippen LogP contribution in [-0.4, -0.2) is 30.0 Å². The molecule has 2 unspecified atom stereocenters. The fraction of sp³-hybridized carbons (Fsp3) is 0.857. The lowest BCUT2D eigenvalue weighted by Crippen LogP contribution is -2.45. The van der Waals surface area contributed by atoms with Crippen LogP contribution in [0.4, 0.5) is 13.2 Å². The summed E-state index contributed by atoms with van der Waals surface area (Å²) in [6.45, 7) is -0.0199. The standard InChI is InChI=1S/C7H9F3O3/c8-7(9,10)5-4(6(11)12)2-1-3-13-5/h4-5H,1-3H2,(H,11,12). The first-order chi connectivity index (χ1) is 5.93. The molecule has 0 spiro atoms. The van der Waals surface area contributed by atoms with Gasteiger partial charge in [-0.2, -0.15) is 13.2 Å². The molecular formula is C7H9F3O3. The van der Waals surface area contributed by atoms with Gasteiger partial charge in [0.25, 0.3) is 0 Å². The maximum absolute atomic E-state index is 12.2. The minimum absolute atomic E-state index is 0.0199. The largest absolute Gasteiger partial charge is 0.481 e. The summed E-state index contributed by atoms with van der Waals surface area (Å²) in [5.41, 5.74) is 0. The van der Waals surface area contributed by atoms with Crippen molar-refractivity contribution in [2.75, 3.05) is 6.61 Å². The molecule has 1 N–H and O–H groups in total. The van der Waals surface area contributed by atoms with Crippen molar-refractivity contribution in [2.45, 2.75) is 25.1 Å². The Hall–Kier alpha value is -0.780. The summed E-state index contributed by atoms with van der Waals surface area (Å²) in [5, 5.41) is 8.49. The van der Waals surface area contributed by atoms with E-state index in [0.29, 0.717) is 6.42 Å². The number of halogens is 3. The van der Waals surface area contributed by atoms with Gasteiger partial charge >= 0.3 is 12.1 Å². The average molecular weight is 198 g/mol. The summed E-state index contributed by atoms with van der Waals surface area (Å²) in [4.78, 5) is 10.4. The Morgan fingerprint density at radius 2 is 2.08 bits per heavy atom. The summed E-state index contributed by atoms with van der Waals surface area (Å²) < 4.78 is 40.9. The molecule has 1 aliphatic rings. The van der Waals surface area contributed by atoms with E-state index in [-0.39, 0.29) is 13.0 Å². The highest BCUT2D eigenvalue weighted by molar-refractivity contribution is 5.71. The van der Waals surface area contributed by atoms with Gasteiger partial charge in [0.15, 0.2) is 6.10 Å². The van der Waals surface area contributed by atoms with Crippen molar-refractivity contribution in [1.82, 2.24) is 0 Å². The minimum Gasteiger partial charge on any atom is -0.481 e. The Morgan fingerprint density at radius 1 is 1.46 bits per heavy atom. The molecule has 3 nitrogen and oxygen atoms in total. The van der Waals surface area contributed by atoms with E-state index >= 15 is 0 Å². The van der Waals surface area contributed by atoms with Crippen molar-refractivity contribution < 1.29 is 27.8 Å². The Labute approximate surface area is 72.5 Å². The van der Waals surface area contributed by atoms with Crippen LogP contribution in [0.25, 0.3) is 0 Å². The van der Waals surface area contributed by atoms with Crippen molar-refractivity contribution in [3.8, 4) is 0 Å². The van der Waals surface area contributed by atoms with Crippen LogP contribution in [0.1, 0.15) is 12.8 Å². The molecule has 0 amide bonds. The highest BCUT2D eigenvalue weighted by atomic mass is 19.4. The Kier molecular flexibility index (Phi) is 2.80. The lowest BCUT2D eigenvalue weighted by atomic mass is 9.94. The smallest absolute Gasteiger partial charge is 0.415 e. The monoisotopic (exact) mass is 198 g/mol. The number of ether oxygens (including phenoxy) is 1. The molecule has 0 bridgehead atoms. The van der Waals surface area contributed by atoms with E-state index in [9.17, 15) is 18.0 Å². The molecule has 0 aromatic rings. The highest BCUT2D eigenvalue weighted by Crippen LogP contribution is 2.33. The van der Waals surface area contributed by atoms with Crippen LogP contribution >= 0.6 is 0 Å². The Balaban J connectivity index is 2.73. The van der Waals surface area contributed by atoms with E-state index in [1.807, 2.05) is 0 Å². The predicted octanol–water partition coefficient (Wildman–Crippen LogP) is 1.43. The van der Waals surface area contributed by atoms with Crippen LogP contribution in [-0.2, 0) is 9.53 Å². The molecule has 13 heavy (non-hydrogen) atoms. The summed E-state index contributed by atoms with van der Waals surface area (Å²) in [5.74, 6) is -2.89. The fourth-order valence-electron chi connectivity index (χ4n) is 1.36. The zero-order chi connectivity index (χ0) is 10.1. The van der Waals surface area contributed by atoms with Gasteiger partial charge < -0.3 is 9.84 Å². The minimum atomic E-state index is -4.58. The zero-order valence-electron chi connectivity index (χ0n) is 6.67. The number of aliphatic carboxylic acids is 1. The van der Waals surface area contributed by atoms with E-state index < -0.39 is 24.2 Å². The number of rotatable bonds is 1. The van der Waals surface area contributed by atoms with Crippen LogP contribution in [0.15, 0.2) is 0 Å². The van der Waals surface area contributed by atoms with Gasteiger partial charge in [0.05, 0.1) is 5.92 Å². The molecule has 0 aromatic carbocycles. The van der Waals surface area contributed by atoms with Crippen molar-refractivity contribution >= 4 is 5.97 Å². The number of alkyl halides is 3. The van der Waals surface area contributed by atoms with Crippen LogP contribution in [0.3, 0.4) is 0 Å². The third-order valence-corrected chi connectivity index (χ3v) is 1.96. The van der Waals surface area contributed by atoms with Gasteiger partial charge in [0, 0.05) is 6.61 Å². The average Bonchev–Trinajstić information content (AvgIpc) is 2.03. The summed E-state index contributed by atoms with van der Waals surface area (Å²) in [6.07, 6.45) is -6.33. The molecule has 0 aromatic heterocycles. The number of carboxylic acid groups (broad SMARTS) is 1. The third-order valence-electron chi connectivity index (χ3n) is 1.96. The SMILES string of the molecule is O=C(O)C1CCCOC1C(F)(F)F. The summed E-state index contributed by atoms with van der Waals surface area (Å²) in [7, 11) is 0. The molecule has 0 radical (unpaired) electrons. The van der Waals surface area contributed by atoms with E-state index in [0.717, 1.165) is 0 Å². The molecule has 1 rings (SSSR count). The van der Waals surface area contributed by atoms with Gasteiger partial charge in [-0.25, -0.2) is 0 Å². The number of carbonyl (C=O) groups is 1. The van der Waals surface area contributed by atoms with Gasteiger partial charge in [-0.3, -0.25) is 4.79 Å². The van der Waals surface area contributed by atoms with Crippen molar-refractivity contribution in [3.63, 3.8) is 0 Å². The molecule has 1 saturated heterocycles. The normalized spacial score (nSPS) is 30.1. The third kappa shape index (κ3) is 2.33. The van der Waals surface area contributed by atoms with E-state index in [1.165, 1.54) is 0 Å². The quantitative estimate of drug-likeness (QED) is 0.693. The number of hydrogen-bond acceptors (Lipinski definition) is 2. The van der Waals surface area contributed by atoms with Crippen LogP contribution in [0, 0.1) is 5.92 Å². The molecule has 0 saturated carbocycles. The first kappa shape index (κ1) is 10.3. The number of carboxylic acids is 1. The molecular weight excluding hydrogens is 189 g/mol. The molecule has 0 aliphatic carbocycles. The van der Waals surface area contributed by atoms with Crippen molar-refractivity contribution in [1.29, 1.82) is 0 Å². The molecule has 1 aliphatic heterocycles. The van der Waals surface area contributed by atoms with Gasteiger partial charge in [-0.05, 0) is 12.8 Å². The lowest BCUT2D eigenvalue weighted by molar-refractivity contribution is -0.247. The summed E-state index contributed by atoms with van der Waals surface area (Å²) >= 11 is 0. The fourth-order valence-corrected chi connectivity index (χ4v) is 1.36. The first-order valence-corrected chi connectivity index (χ1v) is 3.84. The van der Waals surface area contributed by atoms with Gasteiger partial charge in [0.2, 0.25) is 0 Å². The lowest BCUT2D eigenvalue weighted by Gasteiger charge is -2.30. The van der Waals surface area contributed by atoms with Crippen LogP contribution < -0.4 is 0 Å². The van der Waals surface area contributed by atoms with E-state index in [4.69, 9.17) is 5.11 Å². The van der Waals surface area contributed by atoms with Crippen LogP contribution in [0.5, 0.6) is 0 Å². The highest BCUT2D eigenvalue weighted by Gasteiger charge is 2.49. The Morgan fingerprint density at radius 3 is 2.46 bits per heavy atom. The van der Waals surface area contributed by atoms with Crippen molar-refractivity contribution in [3.05, 3.63) is 0 Å². The predicted molar refractivity (Wildman–Crippen MR) is 36.2 cm³/mol. The maximum Gasteiger partial charge on any atom is 0.415 e. The second kappa shape index (κ2) is 3.53. The maximum atomic E-state index is 12.2. The molecule has 1 heterocycles. The summed E-state index contributed by atoms with van der Waals surface area (Å²) in [6, 6.07) is 0. The molecule has 1 fully saturated rings. The number of hydrogen-bond donors (Lipinski definition) is 1. The van der Waals surface area contributed by atoms with Gasteiger partial charge in [-0.15, -0.1) is 0 Å². The molecule has 2 atom stereocenters. The van der Waals surface area contributed by atoms with Crippen LogP contribution in [0.2, 0.25) is 0 Å². The molecule has 6 heteroatoms. The van der Waals surface area contributed by atoms with E-state index in [2.05, 4.69) is 4.74 Å². The second-order valence-electron chi connectivity index (χ2n) is 2.92. The first-order valence-electron chi connectivity index (χ1n) is 3.84. The zero-order valence-corrected chi connectivity index (χ0v) is 6.67. The van der Waals surface area contributed by atoms with Gasteiger partial charge in [0.1, 0.15) is 0 Å². The topological polar surface area (TPSA) is 46.5 Å². The van der Waals surface area contributed by atoms with Gasteiger partial charge in [-0.1, -0.05) is 0 Å².